The summed E-state index contributed by atoms with van der Waals surface area (Å²) in [6.07, 6.45) is 0. The molecule has 2 aromatic heterocycles. The maximum absolute atomic E-state index is 12.4. The van der Waals surface area contributed by atoms with Crippen molar-refractivity contribution < 1.29 is 4.79 Å². The molecule has 0 saturated carbocycles. The van der Waals surface area contributed by atoms with Crippen molar-refractivity contribution in [1.82, 2.24) is 14.8 Å². The Morgan fingerprint density at radius 2 is 1.83 bits per heavy atom. The standard InChI is InChI=1S/C21H17BrN4OS2/c22-16-9-4-5-10-17(16)23-19(27)14-29-21-25-24-20(18-11-6-12-28-18)26(21)13-15-7-2-1-3-8-15/h1-12H,13-14H2,(H,23,27). The molecule has 0 saturated heterocycles. The van der Waals surface area contributed by atoms with Crippen LogP contribution in [0.5, 0.6) is 0 Å². The molecule has 2 aromatic carbocycles. The molecule has 0 bridgehead atoms. The lowest BCUT2D eigenvalue weighted by Gasteiger charge is -2.10. The monoisotopic (exact) mass is 484 g/mol. The number of halogens is 1. The molecule has 0 atom stereocenters. The molecule has 1 N–H and O–H groups in total. The van der Waals surface area contributed by atoms with Crippen molar-refractivity contribution in [2.75, 3.05) is 11.1 Å². The van der Waals surface area contributed by atoms with Crippen LogP contribution in [0.3, 0.4) is 0 Å². The Bertz CT molecular complexity index is 1100. The zero-order valence-corrected chi connectivity index (χ0v) is 18.5. The van der Waals surface area contributed by atoms with Crippen molar-refractivity contribution in [1.29, 1.82) is 0 Å². The van der Waals surface area contributed by atoms with Gasteiger partial charge in [0, 0.05) is 4.47 Å². The third-order valence-electron chi connectivity index (χ3n) is 4.12. The summed E-state index contributed by atoms with van der Waals surface area (Å²) in [5, 5.41) is 14.4. The highest BCUT2D eigenvalue weighted by atomic mass is 79.9. The Balaban J connectivity index is 1.52. The number of nitrogens with one attached hydrogen (secondary N) is 1. The van der Waals surface area contributed by atoms with E-state index in [-0.39, 0.29) is 11.7 Å². The molecule has 29 heavy (non-hydrogen) atoms. The second-order valence-corrected chi connectivity index (χ2v) is 8.92. The van der Waals surface area contributed by atoms with Gasteiger partial charge in [-0.1, -0.05) is 60.3 Å². The van der Waals surface area contributed by atoms with Crippen molar-refractivity contribution in [2.45, 2.75) is 11.7 Å². The number of hydrogen-bond acceptors (Lipinski definition) is 5. The molecule has 5 nitrogen and oxygen atoms in total. The Labute approximate surface area is 185 Å². The summed E-state index contributed by atoms with van der Waals surface area (Å²) >= 11 is 6.46. The van der Waals surface area contributed by atoms with Gasteiger partial charge in [-0.3, -0.25) is 9.36 Å². The summed E-state index contributed by atoms with van der Waals surface area (Å²) in [4.78, 5) is 13.5. The Morgan fingerprint density at radius 1 is 1.03 bits per heavy atom. The van der Waals surface area contributed by atoms with E-state index in [1.54, 1.807) is 11.3 Å². The highest BCUT2D eigenvalue weighted by Crippen LogP contribution is 2.28. The fourth-order valence-corrected chi connectivity index (χ4v) is 4.61. The van der Waals surface area contributed by atoms with Gasteiger partial charge in [-0.05, 0) is 45.1 Å². The number of anilines is 1. The molecule has 4 rings (SSSR count). The van der Waals surface area contributed by atoms with Crippen molar-refractivity contribution in [3.05, 3.63) is 82.1 Å². The fourth-order valence-electron chi connectivity index (χ4n) is 2.77. The van der Waals surface area contributed by atoms with Crippen LogP contribution in [0.1, 0.15) is 5.56 Å². The van der Waals surface area contributed by atoms with Gasteiger partial charge in [-0.25, -0.2) is 0 Å². The number of thioether (sulfide) groups is 1. The molecule has 0 unspecified atom stereocenters. The summed E-state index contributed by atoms with van der Waals surface area (Å²) in [6, 6.07) is 21.8. The number of nitrogens with zero attached hydrogens (tertiary/aromatic N) is 3. The van der Waals surface area contributed by atoms with Gasteiger partial charge in [0.1, 0.15) is 0 Å². The summed E-state index contributed by atoms with van der Waals surface area (Å²) in [7, 11) is 0. The lowest BCUT2D eigenvalue weighted by molar-refractivity contribution is -0.113. The highest BCUT2D eigenvalue weighted by molar-refractivity contribution is 9.10. The minimum atomic E-state index is -0.0890. The van der Waals surface area contributed by atoms with E-state index in [1.165, 1.54) is 11.8 Å². The number of rotatable bonds is 7. The van der Waals surface area contributed by atoms with Crippen LogP contribution in [-0.4, -0.2) is 26.4 Å². The predicted octanol–water partition coefficient (Wildman–Crippen LogP) is 5.55. The molecule has 0 fully saturated rings. The van der Waals surface area contributed by atoms with Crippen LogP contribution >= 0.6 is 39.0 Å². The maximum Gasteiger partial charge on any atom is 0.234 e. The number of carbonyl (C=O) groups is 1. The molecular weight excluding hydrogens is 468 g/mol. The van der Waals surface area contributed by atoms with Gasteiger partial charge in [0.05, 0.1) is 22.9 Å². The van der Waals surface area contributed by atoms with Crippen molar-refractivity contribution in [3.63, 3.8) is 0 Å². The summed E-state index contributed by atoms with van der Waals surface area (Å²) < 4.78 is 2.92. The lowest BCUT2D eigenvalue weighted by atomic mass is 10.2. The van der Waals surface area contributed by atoms with Crippen molar-refractivity contribution in [3.8, 4) is 10.7 Å². The Hall–Kier alpha value is -2.42. The predicted molar refractivity (Wildman–Crippen MR) is 122 cm³/mol. The number of hydrogen-bond donors (Lipinski definition) is 1. The number of para-hydroxylation sites is 1. The first-order chi connectivity index (χ1) is 14.2. The fraction of sp³-hybridized carbons (Fsp3) is 0.0952. The normalized spacial score (nSPS) is 10.8. The molecule has 0 aliphatic carbocycles. The first-order valence-electron chi connectivity index (χ1n) is 8.89. The van der Waals surface area contributed by atoms with Crippen LogP contribution in [0, 0.1) is 0 Å². The Morgan fingerprint density at radius 3 is 2.59 bits per heavy atom. The van der Waals surface area contributed by atoms with Crippen LogP contribution in [0.4, 0.5) is 5.69 Å². The van der Waals surface area contributed by atoms with E-state index in [4.69, 9.17) is 0 Å². The molecule has 4 aromatic rings. The second-order valence-electron chi connectivity index (χ2n) is 6.17. The minimum absolute atomic E-state index is 0.0890. The Kier molecular flexibility index (Phi) is 6.43. The summed E-state index contributed by atoms with van der Waals surface area (Å²) in [6.45, 7) is 0.648. The van der Waals surface area contributed by atoms with Crippen LogP contribution in [0.15, 0.2) is 81.7 Å². The van der Waals surface area contributed by atoms with Crippen molar-refractivity contribution in [2.24, 2.45) is 0 Å². The minimum Gasteiger partial charge on any atom is -0.324 e. The van der Waals surface area contributed by atoms with Crippen LogP contribution in [0.25, 0.3) is 10.7 Å². The van der Waals surface area contributed by atoms with Gasteiger partial charge in [0.2, 0.25) is 5.91 Å². The van der Waals surface area contributed by atoms with Crippen LogP contribution < -0.4 is 5.32 Å². The van der Waals surface area contributed by atoms with Gasteiger partial charge in [-0.2, -0.15) is 0 Å². The van der Waals surface area contributed by atoms with Gasteiger partial charge in [0.15, 0.2) is 11.0 Å². The van der Waals surface area contributed by atoms with E-state index < -0.39 is 0 Å². The quantitative estimate of drug-likeness (QED) is 0.349. The average molecular weight is 485 g/mol. The molecule has 2 heterocycles. The molecule has 0 spiro atoms. The maximum atomic E-state index is 12.4. The molecule has 146 valence electrons. The average Bonchev–Trinajstić information content (AvgIpc) is 3.39. The summed E-state index contributed by atoms with van der Waals surface area (Å²) in [5.41, 5.74) is 1.91. The summed E-state index contributed by atoms with van der Waals surface area (Å²) in [5.74, 6) is 0.977. The molecular formula is C21H17BrN4OS2. The number of aromatic nitrogens is 3. The zero-order valence-electron chi connectivity index (χ0n) is 15.3. The van der Waals surface area contributed by atoms with Crippen LogP contribution in [0.2, 0.25) is 0 Å². The number of benzene rings is 2. The molecule has 0 aliphatic heterocycles. The molecule has 8 heteroatoms. The number of thiophene rings is 1. The van der Waals surface area contributed by atoms with E-state index in [2.05, 4.69) is 48.1 Å². The second kappa shape index (κ2) is 9.39. The first-order valence-corrected chi connectivity index (χ1v) is 11.5. The first kappa shape index (κ1) is 19.9. The molecule has 1 amide bonds. The van der Waals surface area contributed by atoms with E-state index in [0.29, 0.717) is 6.54 Å². The smallest absolute Gasteiger partial charge is 0.234 e. The molecule has 0 radical (unpaired) electrons. The van der Waals surface area contributed by atoms with E-state index in [1.807, 2.05) is 60.0 Å². The topological polar surface area (TPSA) is 59.8 Å². The van der Waals surface area contributed by atoms with E-state index in [0.717, 1.165) is 31.6 Å². The molecule has 0 aliphatic rings. The SMILES string of the molecule is O=C(CSc1nnc(-c2cccs2)n1Cc1ccccc1)Nc1ccccc1Br. The van der Waals surface area contributed by atoms with Gasteiger partial charge in [-0.15, -0.1) is 21.5 Å². The number of amides is 1. The zero-order chi connectivity index (χ0) is 20.1. The third kappa shape index (κ3) is 4.95. The van der Waals surface area contributed by atoms with Gasteiger partial charge >= 0.3 is 0 Å². The van der Waals surface area contributed by atoms with Gasteiger partial charge < -0.3 is 5.32 Å². The largest absolute Gasteiger partial charge is 0.324 e. The lowest BCUT2D eigenvalue weighted by Crippen LogP contribution is -2.15. The third-order valence-corrected chi connectivity index (χ3v) is 6.65. The van der Waals surface area contributed by atoms with Gasteiger partial charge in [0.25, 0.3) is 0 Å². The van der Waals surface area contributed by atoms with E-state index in [9.17, 15) is 4.79 Å². The highest BCUT2D eigenvalue weighted by Gasteiger charge is 2.17. The van der Waals surface area contributed by atoms with Crippen LogP contribution in [-0.2, 0) is 11.3 Å². The van der Waals surface area contributed by atoms with E-state index >= 15 is 0 Å². The number of carbonyl (C=O) groups excluding carboxylic acids is 1. The van der Waals surface area contributed by atoms with Crippen molar-refractivity contribution >= 4 is 50.6 Å².